The fourth-order valence-corrected chi connectivity index (χ4v) is 0.747. The molecule has 3 heteroatoms. The topological polar surface area (TPSA) is 0 Å². The van der Waals surface area contributed by atoms with Crippen LogP contribution in [0.1, 0.15) is 5.56 Å². The molecular weight excluding hydrogens is 319 g/mol. The summed E-state index contributed by atoms with van der Waals surface area (Å²) in [5, 5.41) is 0. The summed E-state index contributed by atoms with van der Waals surface area (Å²) in [5.74, 6) is -0.201. The van der Waals surface area contributed by atoms with Gasteiger partial charge < -0.3 is 6.08 Å². The van der Waals surface area contributed by atoms with Gasteiger partial charge in [0.05, 0.1) is 0 Å². The molecule has 0 aliphatic heterocycles. The summed E-state index contributed by atoms with van der Waals surface area (Å²) < 4.78 is 12.3. The van der Waals surface area contributed by atoms with E-state index < -0.39 is 0 Å². The van der Waals surface area contributed by atoms with Crippen molar-refractivity contribution < 1.29 is 19.2 Å². The molecule has 0 N–H and O–H groups in total. The number of rotatable bonds is 2. The number of benzene rings is 1. The summed E-state index contributed by atoms with van der Waals surface area (Å²) in [6.45, 7) is 3.46. The van der Waals surface area contributed by atoms with Gasteiger partial charge in [-0.2, -0.15) is 6.42 Å². The normalized spacial score (nSPS) is 8.33. The molecule has 1 aromatic rings. The van der Waals surface area contributed by atoms with Crippen LogP contribution in [0.25, 0.3) is 0 Å². The van der Waals surface area contributed by atoms with E-state index in [0.29, 0.717) is 6.42 Å². The van der Waals surface area contributed by atoms with Crippen LogP contribution in [0.2, 0.25) is 0 Å². The van der Waals surface area contributed by atoms with Crippen LogP contribution >= 0.6 is 19.8 Å². The first-order chi connectivity index (χ1) is 5.83. The molecule has 0 atom stereocenters. The summed E-state index contributed by atoms with van der Waals surface area (Å²) >= 11 is 3.62. The zero-order valence-electron chi connectivity index (χ0n) is 6.69. The van der Waals surface area contributed by atoms with E-state index in [4.69, 9.17) is 0 Å². The van der Waals surface area contributed by atoms with Gasteiger partial charge in [-0.25, -0.2) is 4.39 Å². The van der Waals surface area contributed by atoms with Crippen LogP contribution in [0.5, 0.6) is 0 Å². The maximum absolute atomic E-state index is 12.3. The maximum atomic E-state index is 12.3. The monoisotopic (exact) mass is 326 g/mol. The molecular formula is C9H8FIZn. The number of halogens is 2. The molecule has 0 nitrogen and oxygen atoms in total. The second kappa shape index (κ2) is 7.87. The fourth-order valence-electron chi connectivity index (χ4n) is 0.747. The third-order valence-electron chi connectivity index (χ3n) is 1.24. The molecule has 0 unspecified atom stereocenters. The molecule has 0 saturated heterocycles. The summed E-state index contributed by atoms with van der Waals surface area (Å²) in [6, 6.07) is 6.33. The SMILES string of the molecule is C=[C-]Cc1ccc(F)cc1.[Zn+][I]. The molecule has 0 bridgehead atoms. The standard InChI is InChI=1S/C9H8F.HI.Zn/c1-2-3-8-4-6-9(10)7-5-8;;/h4-7H,1,3H2;1H;/q-1;;+2/p-1. The molecule has 0 saturated carbocycles. The van der Waals surface area contributed by atoms with Crippen molar-refractivity contribution in [2.75, 3.05) is 0 Å². The summed E-state index contributed by atoms with van der Waals surface area (Å²) in [6.07, 6.45) is 3.41. The number of allylic oxidation sites excluding steroid dienone is 1. The van der Waals surface area contributed by atoms with Crippen molar-refractivity contribution in [2.45, 2.75) is 6.42 Å². The Bertz CT molecular complexity index is 220. The molecule has 0 fully saturated rings. The van der Waals surface area contributed by atoms with Crippen molar-refractivity contribution in [1.29, 1.82) is 0 Å². The Balaban J connectivity index is 0.000000561. The van der Waals surface area contributed by atoms with E-state index in [1.807, 2.05) is 0 Å². The van der Waals surface area contributed by atoms with Crippen LogP contribution in [0.3, 0.4) is 0 Å². The van der Waals surface area contributed by atoms with Crippen molar-refractivity contribution in [1.82, 2.24) is 0 Å². The van der Waals surface area contributed by atoms with Gasteiger partial charge in [0.25, 0.3) is 0 Å². The average Bonchev–Trinajstić information content (AvgIpc) is 2.13. The van der Waals surface area contributed by atoms with Crippen molar-refractivity contribution in [2.24, 2.45) is 0 Å². The number of hydrogen-bond donors (Lipinski definition) is 0. The Labute approximate surface area is 93.1 Å². The Morgan fingerprint density at radius 2 is 1.83 bits per heavy atom. The van der Waals surface area contributed by atoms with Crippen LogP contribution in [0.4, 0.5) is 4.39 Å². The van der Waals surface area contributed by atoms with Crippen LogP contribution in [-0.2, 0) is 21.2 Å². The van der Waals surface area contributed by atoms with Gasteiger partial charge in [0.15, 0.2) is 0 Å². The van der Waals surface area contributed by atoms with E-state index in [-0.39, 0.29) is 5.82 Å². The Kier molecular flexibility index (Phi) is 8.03. The zero-order valence-corrected chi connectivity index (χ0v) is 11.8. The molecule has 0 aliphatic carbocycles. The molecule has 1 aromatic carbocycles. The predicted octanol–water partition coefficient (Wildman–Crippen LogP) is 3.24. The van der Waals surface area contributed by atoms with Crippen molar-refractivity contribution >= 4 is 19.8 Å². The Morgan fingerprint density at radius 1 is 1.33 bits per heavy atom. The van der Waals surface area contributed by atoms with Gasteiger partial charge in [0.1, 0.15) is 5.82 Å². The molecule has 1 rings (SSSR count). The molecule has 12 heavy (non-hydrogen) atoms. The molecule has 0 amide bonds. The van der Waals surface area contributed by atoms with E-state index in [0.717, 1.165) is 5.56 Å². The first-order valence-corrected chi connectivity index (χ1v) is 12.4. The average molecular weight is 327 g/mol. The third kappa shape index (κ3) is 4.99. The van der Waals surface area contributed by atoms with Gasteiger partial charge in [-0.15, -0.1) is 0 Å². The summed E-state index contributed by atoms with van der Waals surface area (Å²) in [4.78, 5) is 0. The van der Waals surface area contributed by atoms with Gasteiger partial charge in [0, 0.05) is 0 Å². The summed E-state index contributed by atoms with van der Waals surface area (Å²) in [7, 11) is 0. The van der Waals surface area contributed by atoms with E-state index in [1.54, 1.807) is 12.1 Å². The quantitative estimate of drug-likeness (QED) is 0.444. The van der Waals surface area contributed by atoms with Crippen LogP contribution in [0.15, 0.2) is 30.8 Å². The Morgan fingerprint density at radius 3 is 2.25 bits per heavy atom. The van der Waals surface area contributed by atoms with Gasteiger partial charge in [0.2, 0.25) is 0 Å². The molecule has 60 valence electrons. The van der Waals surface area contributed by atoms with Crippen molar-refractivity contribution in [3.05, 3.63) is 48.3 Å². The van der Waals surface area contributed by atoms with Crippen LogP contribution < -0.4 is 0 Å². The van der Waals surface area contributed by atoms with Gasteiger partial charge in [-0.05, 0) is 12.1 Å². The minimum atomic E-state index is -0.201. The molecule has 0 radical (unpaired) electrons. The third-order valence-corrected chi connectivity index (χ3v) is 1.24. The zero-order chi connectivity index (χ0) is 9.40. The van der Waals surface area contributed by atoms with Crippen molar-refractivity contribution in [3.63, 3.8) is 0 Å². The van der Waals surface area contributed by atoms with Crippen LogP contribution in [-0.4, -0.2) is 0 Å². The van der Waals surface area contributed by atoms with Crippen molar-refractivity contribution in [3.8, 4) is 0 Å². The molecule has 0 aliphatic rings. The minimum absolute atomic E-state index is 0.201. The van der Waals surface area contributed by atoms with Gasteiger partial charge in [-0.1, -0.05) is 17.7 Å². The van der Waals surface area contributed by atoms with Crippen LogP contribution in [0, 0.1) is 11.9 Å². The predicted molar refractivity (Wildman–Crippen MR) is 53.0 cm³/mol. The molecule has 0 heterocycles. The first kappa shape index (κ1) is 12.2. The second-order valence-corrected chi connectivity index (χ2v) is 2.05. The number of hydrogen-bond acceptors (Lipinski definition) is 0. The van der Waals surface area contributed by atoms with E-state index in [1.165, 1.54) is 26.9 Å². The van der Waals surface area contributed by atoms with Gasteiger partial charge in [-0.3, -0.25) is 6.58 Å². The van der Waals surface area contributed by atoms with E-state index in [9.17, 15) is 4.39 Å². The Hall–Kier alpha value is 0.243. The molecule has 0 spiro atoms. The first-order valence-electron chi connectivity index (χ1n) is 3.34. The molecule has 0 aromatic heterocycles. The fraction of sp³-hybridized carbons (Fsp3) is 0.111. The summed E-state index contributed by atoms with van der Waals surface area (Å²) in [5.41, 5.74) is 1.04. The second-order valence-electron chi connectivity index (χ2n) is 2.05. The van der Waals surface area contributed by atoms with E-state index in [2.05, 4.69) is 32.4 Å². The van der Waals surface area contributed by atoms with E-state index >= 15 is 0 Å². The van der Waals surface area contributed by atoms with Gasteiger partial charge >= 0.3 is 34.5 Å².